The monoisotopic (exact) mass is 414 g/mol. The zero-order valence-corrected chi connectivity index (χ0v) is 15.9. The van der Waals surface area contributed by atoms with Gasteiger partial charge in [-0.15, -0.1) is 0 Å². The summed E-state index contributed by atoms with van der Waals surface area (Å²) in [5.41, 5.74) is 1.93. The van der Waals surface area contributed by atoms with E-state index in [1.807, 2.05) is 30.3 Å². The SMILES string of the molecule is O=C(COC(=O)/C=C/c1cccc2cccnc12)Nc1ccc(SC(F)F)cc1. The molecule has 2 aromatic carbocycles. The number of ether oxygens (including phenoxy) is 1. The summed E-state index contributed by atoms with van der Waals surface area (Å²) in [5.74, 6) is -3.71. The predicted molar refractivity (Wildman–Crippen MR) is 109 cm³/mol. The molecule has 29 heavy (non-hydrogen) atoms. The summed E-state index contributed by atoms with van der Waals surface area (Å²) < 4.78 is 29.5. The lowest BCUT2D eigenvalue weighted by molar-refractivity contribution is -0.142. The molecule has 3 rings (SSSR count). The Morgan fingerprint density at radius 3 is 2.62 bits per heavy atom. The van der Waals surface area contributed by atoms with Crippen molar-refractivity contribution < 1.29 is 23.1 Å². The highest BCUT2D eigenvalue weighted by atomic mass is 32.2. The first-order valence-electron chi connectivity index (χ1n) is 8.54. The summed E-state index contributed by atoms with van der Waals surface area (Å²) in [6, 6.07) is 15.3. The lowest BCUT2D eigenvalue weighted by Crippen LogP contribution is -2.20. The Labute approximate surface area is 169 Å². The first kappa shape index (κ1) is 20.5. The Bertz CT molecular complexity index is 1030. The van der Waals surface area contributed by atoms with E-state index in [9.17, 15) is 18.4 Å². The van der Waals surface area contributed by atoms with Gasteiger partial charge in [0.1, 0.15) is 0 Å². The average Bonchev–Trinajstić information content (AvgIpc) is 2.71. The van der Waals surface area contributed by atoms with Crippen molar-refractivity contribution in [2.75, 3.05) is 11.9 Å². The maximum atomic E-state index is 12.3. The van der Waals surface area contributed by atoms with Gasteiger partial charge in [0.15, 0.2) is 6.61 Å². The molecule has 8 heteroatoms. The number of fused-ring (bicyclic) bond motifs is 1. The van der Waals surface area contributed by atoms with Gasteiger partial charge in [-0.3, -0.25) is 9.78 Å². The highest BCUT2D eigenvalue weighted by Gasteiger charge is 2.08. The number of hydrogen-bond donors (Lipinski definition) is 1. The number of nitrogens with zero attached hydrogens (tertiary/aromatic N) is 1. The fourth-order valence-corrected chi connectivity index (χ4v) is 3.02. The van der Waals surface area contributed by atoms with Crippen LogP contribution in [0.4, 0.5) is 14.5 Å². The molecule has 3 aromatic rings. The third-order valence-corrected chi connectivity index (χ3v) is 4.49. The van der Waals surface area contributed by atoms with E-state index < -0.39 is 24.2 Å². The van der Waals surface area contributed by atoms with Gasteiger partial charge in [-0.05, 0) is 36.4 Å². The minimum atomic E-state index is -2.51. The van der Waals surface area contributed by atoms with Gasteiger partial charge >= 0.3 is 5.97 Å². The molecule has 1 N–H and O–H groups in total. The molecule has 0 saturated carbocycles. The molecule has 0 aliphatic carbocycles. The molecule has 0 bridgehead atoms. The van der Waals surface area contributed by atoms with E-state index in [1.165, 1.54) is 30.3 Å². The topological polar surface area (TPSA) is 68.3 Å². The van der Waals surface area contributed by atoms with Crippen LogP contribution < -0.4 is 5.32 Å². The number of esters is 1. The van der Waals surface area contributed by atoms with Crippen molar-refractivity contribution in [2.45, 2.75) is 10.7 Å². The van der Waals surface area contributed by atoms with E-state index in [0.717, 1.165) is 16.5 Å². The second-order valence-electron chi connectivity index (χ2n) is 5.81. The van der Waals surface area contributed by atoms with Gasteiger partial charge in [0.25, 0.3) is 11.7 Å². The first-order chi connectivity index (χ1) is 14.0. The minimum Gasteiger partial charge on any atom is -0.452 e. The molecular formula is C21H16F2N2O3S. The van der Waals surface area contributed by atoms with Crippen molar-refractivity contribution in [3.05, 3.63) is 72.4 Å². The Balaban J connectivity index is 1.51. The lowest BCUT2D eigenvalue weighted by atomic mass is 10.1. The predicted octanol–water partition coefficient (Wildman–Crippen LogP) is 4.74. The highest BCUT2D eigenvalue weighted by Crippen LogP contribution is 2.26. The zero-order valence-electron chi connectivity index (χ0n) is 15.0. The molecule has 1 amide bonds. The molecule has 0 aliphatic rings. The van der Waals surface area contributed by atoms with E-state index in [4.69, 9.17) is 4.74 Å². The van der Waals surface area contributed by atoms with Gasteiger partial charge in [-0.25, -0.2) is 4.79 Å². The molecule has 1 heterocycles. The van der Waals surface area contributed by atoms with Crippen molar-refractivity contribution in [2.24, 2.45) is 0 Å². The zero-order chi connectivity index (χ0) is 20.6. The lowest BCUT2D eigenvalue weighted by Gasteiger charge is -2.06. The fourth-order valence-electron chi connectivity index (χ4n) is 2.52. The number of para-hydroxylation sites is 1. The van der Waals surface area contributed by atoms with Crippen LogP contribution in [-0.4, -0.2) is 29.2 Å². The van der Waals surface area contributed by atoms with E-state index in [1.54, 1.807) is 12.3 Å². The summed E-state index contributed by atoms with van der Waals surface area (Å²) in [7, 11) is 0. The summed E-state index contributed by atoms with van der Waals surface area (Å²) >= 11 is 0.417. The van der Waals surface area contributed by atoms with Crippen LogP contribution in [0.2, 0.25) is 0 Å². The van der Waals surface area contributed by atoms with Crippen LogP contribution in [0.25, 0.3) is 17.0 Å². The second-order valence-corrected chi connectivity index (χ2v) is 6.88. The van der Waals surface area contributed by atoms with Gasteiger partial charge in [0.05, 0.1) is 5.52 Å². The van der Waals surface area contributed by atoms with Crippen molar-refractivity contribution >= 4 is 46.3 Å². The van der Waals surface area contributed by atoms with Gasteiger partial charge in [0, 0.05) is 33.8 Å². The molecule has 0 fully saturated rings. The molecule has 0 aliphatic heterocycles. The van der Waals surface area contributed by atoms with E-state index in [0.29, 0.717) is 22.3 Å². The Kier molecular flexibility index (Phi) is 6.91. The second kappa shape index (κ2) is 9.79. The van der Waals surface area contributed by atoms with Crippen LogP contribution in [0, 0.1) is 0 Å². The third-order valence-electron chi connectivity index (χ3n) is 3.77. The van der Waals surface area contributed by atoms with Crippen molar-refractivity contribution in [3.63, 3.8) is 0 Å². The first-order valence-corrected chi connectivity index (χ1v) is 9.42. The molecule has 5 nitrogen and oxygen atoms in total. The Hall–Kier alpha value is -3.26. The van der Waals surface area contributed by atoms with E-state index >= 15 is 0 Å². The molecule has 0 spiro atoms. The number of anilines is 1. The number of halogens is 2. The van der Waals surface area contributed by atoms with Crippen molar-refractivity contribution in [3.8, 4) is 0 Å². The highest BCUT2D eigenvalue weighted by molar-refractivity contribution is 7.99. The molecule has 0 saturated heterocycles. The largest absolute Gasteiger partial charge is 0.452 e. The summed E-state index contributed by atoms with van der Waals surface area (Å²) in [6.07, 6.45) is 4.48. The van der Waals surface area contributed by atoms with Gasteiger partial charge in [-0.2, -0.15) is 8.78 Å². The molecular weight excluding hydrogens is 398 g/mol. The molecule has 148 valence electrons. The number of thioether (sulfide) groups is 1. The molecule has 1 aromatic heterocycles. The van der Waals surface area contributed by atoms with Crippen LogP contribution in [0.1, 0.15) is 5.56 Å². The van der Waals surface area contributed by atoms with Gasteiger partial charge in [0.2, 0.25) is 0 Å². The summed E-state index contributed by atoms with van der Waals surface area (Å²) in [6.45, 7) is -0.468. The average molecular weight is 414 g/mol. The number of aromatic nitrogens is 1. The number of alkyl halides is 2. The fraction of sp³-hybridized carbons (Fsp3) is 0.0952. The third kappa shape index (κ3) is 6.11. The molecule has 0 atom stereocenters. The number of carbonyl (C=O) groups is 2. The van der Waals surface area contributed by atoms with E-state index in [2.05, 4.69) is 10.3 Å². The number of amides is 1. The van der Waals surface area contributed by atoms with Crippen LogP contribution in [0.3, 0.4) is 0 Å². The molecule has 0 unspecified atom stereocenters. The number of rotatable bonds is 7. The van der Waals surface area contributed by atoms with Crippen LogP contribution >= 0.6 is 11.8 Å². The Morgan fingerprint density at radius 2 is 1.86 bits per heavy atom. The normalized spacial score (nSPS) is 11.1. The van der Waals surface area contributed by atoms with Crippen molar-refractivity contribution in [1.82, 2.24) is 4.98 Å². The van der Waals surface area contributed by atoms with Crippen LogP contribution in [0.15, 0.2) is 71.8 Å². The minimum absolute atomic E-state index is 0.387. The number of pyridine rings is 1. The quantitative estimate of drug-likeness (QED) is 0.343. The maximum Gasteiger partial charge on any atom is 0.331 e. The molecule has 0 radical (unpaired) electrons. The number of nitrogens with one attached hydrogen (secondary N) is 1. The van der Waals surface area contributed by atoms with Crippen molar-refractivity contribution in [1.29, 1.82) is 0 Å². The van der Waals surface area contributed by atoms with Crippen LogP contribution in [0.5, 0.6) is 0 Å². The van der Waals surface area contributed by atoms with Gasteiger partial charge < -0.3 is 10.1 Å². The van der Waals surface area contributed by atoms with Gasteiger partial charge in [-0.1, -0.05) is 36.0 Å². The summed E-state index contributed by atoms with van der Waals surface area (Å²) in [5, 5.41) is 3.47. The Morgan fingerprint density at radius 1 is 1.10 bits per heavy atom. The smallest absolute Gasteiger partial charge is 0.331 e. The number of benzene rings is 2. The van der Waals surface area contributed by atoms with E-state index in [-0.39, 0.29) is 0 Å². The standard InChI is InChI=1S/C21H16F2N2O3S/c22-21(23)29-17-9-7-16(8-10-17)25-18(26)13-28-19(27)11-6-15-4-1-3-14-5-2-12-24-20(14)15/h1-12,21H,13H2,(H,25,26)/b11-6+. The maximum absolute atomic E-state index is 12.3. The summed E-state index contributed by atoms with van der Waals surface area (Å²) in [4.78, 5) is 28.4. The number of hydrogen-bond acceptors (Lipinski definition) is 5. The number of carbonyl (C=O) groups excluding carboxylic acids is 2. The van der Waals surface area contributed by atoms with Crippen LogP contribution in [-0.2, 0) is 14.3 Å².